The number of hydrogen-bond donors (Lipinski definition) is 0. The Kier molecular flexibility index (Phi) is 2.26. The van der Waals surface area contributed by atoms with E-state index in [-0.39, 0.29) is 0 Å². The number of rotatable bonds is 2. The third-order valence-corrected chi connectivity index (χ3v) is 6.71. The zero-order valence-corrected chi connectivity index (χ0v) is 12.1. The van der Waals surface area contributed by atoms with Crippen LogP contribution >= 0.6 is 11.8 Å². The van der Waals surface area contributed by atoms with E-state index in [1.54, 1.807) is 4.63 Å². The van der Waals surface area contributed by atoms with E-state index < -0.39 is 0 Å². The van der Waals surface area contributed by atoms with E-state index in [4.69, 9.17) is 0 Å². The minimum Gasteiger partial charge on any atom is -0.140 e. The lowest BCUT2D eigenvalue weighted by Crippen LogP contribution is -2.48. The minimum absolute atomic E-state index is 0.448. The van der Waals surface area contributed by atoms with Gasteiger partial charge in [0.05, 0.1) is 0 Å². The molecule has 0 amide bonds. The van der Waals surface area contributed by atoms with Crippen LogP contribution in [0.3, 0.4) is 0 Å². The van der Waals surface area contributed by atoms with Gasteiger partial charge >= 0.3 is 0 Å². The van der Waals surface area contributed by atoms with Crippen LogP contribution in [-0.4, -0.2) is 30.0 Å². The van der Waals surface area contributed by atoms with E-state index in [0.29, 0.717) is 4.75 Å². The fourth-order valence-electron chi connectivity index (χ4n) is 5.07. The van der Waals surface area contributed by atoms with E-state index in [9.17, 15) is 0 Å². The van der Waals surface area contributed by atoms with E-state index in [1.807, 2.05) is 17.8 Å². The van der Waals surface area contributed by atoms with Gasteiger partial charge in [-0.05, 0) is 78.8 Å². The number of aromatic nitrogens is 5. The number of nitrogens with zero attached hydrogens (tertiary/aromatic N) is 5. The molecule has 0 aliphatic heterocycles. The highest BCUT2D eigenvalue weighted by Crippen LogP contribution is 2.61. The molecule has 2 aromatic heterocycles. The molecule has 0 saturated heterocycles. The van der Waals surface area contributed by atoms with Gasteiger partial charge in [-0.15, -0.1) is 14.8 Å². The highest BCUT2D eigenvalue weighted by atomic mass is 32.2. The molecule has 0 aromatic carbocycles. The van der Waals surface area contributed by atoms with Gasteiger partial charge in [-0.25, -0.2) is 0 Å². The van der Waals surface area contributed by atoms with Gasteiger partial charge in [-0.2, -0.15) is 0 Å². The Labute approximate surface area is 121 Å². The Hall–Kier alpha value is -1.17. The van der Waals surface area contributed by atoms with E-state index >= 15 is 0 Å². The van der Waals surface area contributed by atoms with Crippen LogP contribution in [0.15, 0.2) is 17.2 Å². The smallest absolute Gasteiger partial charge is 0.140 e. The summed E-state index contributed by atoms with van der Waals surface area (Å²) >= 11 is 1.99. The van der Waals surface area contributed by atoms with Crippen molar-refractivity contribution in [1.29, 1.82) is 0 Å². The van der Waals surface area contributed by atoms with Crippen molar-refractivity contribution < 1.29 is 0 Å². The molecule has 0 unspecified atom stereocenters. The Morgan fingerprint density at radius 3 is 2.45 bits per heavy atom. The molecule has 2 heterocycles. The summed E-state index contributed by atoms with van der Waals surface area (Å²) in [6.45, 7) is 0. The molecule has 4 bridgehead atoms. The summed E-state index contributed by atoms with van der Waals surface area (Å²) < 4.78 is 1.99. The quantitative estimate of drug-likeness (QED) is 0.849. The third-order valence-electron chi connectivity index (χ3n) is 5.35. The first-order valence-corrected chi connectivity index (χ1v) is 8.34. The summed E-state index contributed by atoms with van der Waals surface area (Å²) in [6.07, 6.45) is 8.62. The van der Waals surface area contributed by atoms with Gasteiger partial charge in [0, 0.05) is 4.75 Å². The first-order chi connectivity index (χ1) is 9.78. The summed E-state index contributed by atoms with van der Waals surface area (Å²) in [6, 6.07) is 4.05. The van der Waals surface area contributed by atoms with Crippen molar-refractivity contribution in [3.05, 3.63) is 12.1 Å². The van der Waals surface area contributed by atoms with Crippen LogP contribution in [0.4, 0.5) is 0 Å². The normalized spacial score (nSPS) is 38.7. The van der Waals surface area contributed by atoms with Gasteiger partial charge < -0.3 is 0 Å². The first-order valence-electron chi connectivity index (χ1n) is 7.52. The minimum atomic E-state index is 0.448. The molecule has 4 fully saturated rings. The zero-order valence-electron chi connectivity index (χ0n) is 11.3. The second-order valence-electron chi connectivity index (χ2n) is 6.90. The highest BCUT2D eigenvalue weighted by Gasteiger charge is 2.51. The van der Waals surface area contributed by atoms with Crippen molar-refractivity contribution in [3.63, 3.8) is 0 Å². The predicted octanol–water partition coefficient (Wildman–Crippen LogP) is 2.58. The number of tetrazole rings is 1. The van der Waals surface area contributed by atoms with Gasteiger partial charge in [0.25, 0.3) is 0 Å². The molecular formula is C14H17N5S. The number of thioether (sulfide) groups is 1. The molecule has 0 atom stereocenters. The molecule has 6 heteroatoms. The molecule has 20 heavy (non-hydrogen) atoms. The highest BCUT2D eigenvalue weighted by molar-refractivity contribution is 8.00. The molecule has 4 aliphatic carbocycles. The van der Waals surface area contributed by atoms with Gasteiger partial charge in [0.1, 0.15) is 5.03 Å². The molecule has 4 saturated carbocycles. The van der Waals surface area contributed by atoms with Crippen LogP contribution in [0.1, 0.15) is 38.5 Å². The lowest BCUT2D eigenvalue weighted by atomic mass is 9.56. The van der Waals surface area contributed by atoms with Gasteiger partial charge in [-0.1, -0.05) is 11.8 Å². The van der Waals surface area contributed by atoms with Crippen LogP contribution in [0.25, 0.3) is 5.65 Å². The van der Waals surface area contributed by atoms with Crippen molar-refractivity contribution in [2.45, 2.75) is 48.3 Å². The van der Waals surface area contributed by atoms with E-state index in [2.05, 4.69) is 26.7 Å². The average Bonchev–Trinajstić information content (AvgIpc) is 2.83. The fraction of sp³-hybridized carbons (Fsp3) is 0.714. The molecule has 2 aromatic rings. The monoisotopic (exact) mass is 287 g/mol. The van der Waals surface area contributed by atoms with Crippen LogP contribution in [0.5, 0.6) is 0 Å². The summed E-state index contributed by atoms with van der Waals surface area (Å²) in [5, 5.41) is 17.1. The zero-order chi connectivity index (χ0) is 13.2. The van der Waals surface area contributed by atoms with Crippen molar-refractivity contribution >= 4 is 17.4 Å². The third kappa shape index (κ3) is 1.70. The van der Waals surface area contributed by atoms with Crippen molar-refractivity contribution in [2.75, 3.05) is 0 Å². The summed E-state index contributed by atoms with van der Waals surface area (Å²) in [5.74, 6) is 2.93. The van der Waals surface area contributed by atoms with Crippen LogP contribution in [0.2, 0.25) is 0 Å². The van der Waals surface area contributed by atoms with Crippen molar-refractivity contribution in [2.24, 2.45) is 17.8 Å². The lowest BCUT2D eigenvalue weighted by molar-refractivity contribution is 0.0383. The second-order valence-corrected chi connectivity index (χ2v) is 8.39. The second kappa shape index (κ2) is 3.93. The van der Waals surface area contributed by atoms with E-state index in [0.717, 1.165) is 28.4 Å². The molecule has 0 radical (unpaired) electrons. The molecular weight excluding hydrogens is 270 g/mol. The molecule has 104 valence electrons. The van der Waals surface area contributed by atoms with E-state index in [1.165, 1.54) is 38.5 Å². The van der Waals surface area contributed by atoms with Crippen LogP contribution < -0.4 is 0 Å². The van der Waals surface area contributed by atoms with Gasteiger partial charge in [0.2, 0.25) is 0 Å². The van der Waals surface area contributed by atoms with Crippen molar-refractivity contribution in [3.8, 4) is 0 Å². The predicted molar refractivity (Wildman–Crippen MR) is 75.3 cm³/mol. The largest absolute Gasteiger partial charge is 0.200 e. The maximum atomic E-state index is 4.55. The maximum Gasteiger partial charge on any atom is 0.200 e. The SMILES string of the molecule is c1cc2nnnn2nc1SC12CC3CC(CC(C3)C1)C2. The Morgan fingerprint density at radius 2 is 1.75 bits per heavy atom. The number of fused-ring (bicyclic) bond motifs is 1. The summed E-state index contributed by atoms with van der Waals surface area (Å²) in [4.78, 5) is 0. The molecule has 6 rings (SSSR count). The number of hydrogen-bond acceptors (Lipinski definition) is 5. The van der Waals surface area contributed by atoms with Crippen LogP contribution in [-0.2, 0) is 0 Å². The topological polar surface area (TPSA) is 56.0 Å². The summed E-state index contributed by atoms with van der Waals surface area (Å²) in [7, 11) is 0. The molecule has 4 aliphatic rings. The summed E-state index contributed by atoms with van der Waals surface area (Å²) in [5.41, 5.74) is 0.722. The Morgan fingerprint density at radius 1 is 1.05 bits per heavy atom. The van der Waals surface area contributed by atoms with Gasteiger partial charge in [-0.3, -0.25) is 0 Å². The Bertz CT molecular complexity index is 631. The molecule has 0 spiro atoms. The van der Waals surface area contributed by atoms with Crippen LogP contribution in [0, 0.1) is 17.8 Å². The average molecular weight is 287 g/mol. The maximum absolute atomic E-state index is 4.55. The molecule has 0 N–H and O–H groups in total. The lowest BCUT2D eigenvalue weighted by Gasteiger charge is -2.56. The van der Waals surface area contributed by atoms with Gasteiger partial charge in [0.15, 0.2) is 5.65 Å². The Balaban J connectivity index is 1.48. The fourth-order valence-corrected chi connectivity index (χ4v) is 6.72. The van der Waals surface area contributed by atoms with Crippen molar-refractivity contribution in [1.82, 2.24) is 25.3 Å². The standard InChI is InChI=1S/C14H17N5S/c1-2-13(16-19-12(1)15-17-18-19)20-14-6-9-3-10(7-14)5-11(4-9)8-14/h1-2,9-11H,3-8H2. The molecule has 5 nitrogen and oxygen atoms in total. The first kappa shape index (κ1) is 11.5.